The maximum absolute atomic E-state index is 13.8. The third-order valence-corrected chi connectivity index (χ3v) is 7.85. The quantitative estimate of drug-likeness (QED) is 0.196. The smallest absolute Gasteiger partial charge is 0.296 e. The number of benzene rings is 1. The van der Waals surface area contributed by atoms with Crippen molar-refractivity contribution in [3.05, 3.63) is 53.2 Å². The lowest BCUT2D eigenvalue weighted by Gasteiger charge is -2.23. The molecule has 0 saturated heterocycles. The highest BCUT2D eigenvalue weighted by atomic mass is 32.2. The van der Waals surface area contributed by atoms with E-state index in [9.17, 15) is 22.4 Å². The average Bonchev–Trinajstić information content (AvgIpc) is 3.33. The van der Waals surface area contributed by atoms with Gasteiger partial charge in [-0.3, -0.25) is 4.79 Å². The number of aryl methyl sites for hydroxylation is 1. The second-order valence-electron chi connectivity index (χ2n) is 8.43. The number of thiazole rings is 1. The molecule has 0 N–H and O–H groups in total. The zero-order chi connectivity index (χ0) is 24.6. The van der Waals surface area contributed by atoms with Crippen LogP contribution in [-0.4, -0.2) is 32.5 Å². The lowest BCUT2D eigenvalue weighted by Crippen LogP contribution is -2.24. The Bertz CT molecular complexity index is 1240. The number of halogens is 4. The van der Waals surface area contributed by atoms with Crippen LogP contribution >= 0.6 is 23.1 Å². The lowest BCUT2D eigenvalue weighted by molar-refractivity contribution is -0.175. The molecular formula is C24H23F4N3OS2. The van der Waals surface area contributed by atoms with Crippen LogP contribution in [-0.2, 0) is 0 Å². The van der Waals surface area contributed by atoms with E-state index in [0.29, 0.717) is 33.9 Å². The Morgan fingerprint density at radius 3 is 2.65 bits per heavy atom. The van der Waals surface area contributed by atoms with Crippen LogP contribution in [0.5, 0.6) is 0 Å². The minimum absolute atomic E-state index is 0.0260. The van der Waals surface area contributed by atoms with Crippen LogP contribution in [0.2, 0.25) is 0 Å². The fourth-order valence-electron chi connectivity index (χ4n) is 4.03. The van der Waals surface area contributed by atoms with E-state index < -0.39 is 17.9 Å². The van der Waals surface area contributed by atoms with Crippen LogP contribution in [0.3, 0.4) is 0 Å². The number of aromatic nitrogens is 3. The Morgan fingerprint density at radius 2 is 2.06 bits per heavy atom. The Morgan fingerprint density at radius 1 is 1.29 bits per heavy atom. The normalized spacial score (nSPS) is 16.7. The maximum atomic E-state index is 13.8. The fourth-order valence-corrected chi connectivity index (χ4v) is 6.54. The average molecular weight is 510 g/mol. The van der Waals surface area contributed by atoms with Crippen molar-refractivity contribution >= 4 is 35.0 Å². The van der Waals surface area contributed by atoms with E-state index in [4.69, 9.17) is 4.98 Å². The molecule has 4 nitrogen and oxygen atoms in total. The monoisotopic (exact) mass is 509 g/mol. The van der Waals surface area contributed by atoms with Crippen molar-refractivity contribution in [3.8, 4) is 16.3 Å². The first-order valence-corrected chi connectivity index (χ1v) is 12.5. The van der Waals surface area contributed by atoms with Gasteiger partial charge in [0.2, 0.25) is 5.13 Å². The summed E-state index contributed by atoms with van der Waals surface area (Å²) in [6.07, 6.45) is -1.65. The fraction of sp³-hybridized carbons (Fsp3) is 0.375. The molecule has 0 aliphatic heterocycles. The van der Waals surface area contributed by atoms with Gasteiger partial charge in [0.15, 0.2) is 6.29 Å². The van der Waals surface area contributed by atoms with Gasteiger partial charge in [-0.2, -0.15) is 18.3 Å². The number of rotatable bonds is 6. The molecule has 1 aromatic carbocycles. The van der Waals surface area contributed by atoms with Gasteiger partial charge in [-0.1, -0.05) is 43.4 Å². The predicted molar refractivity (Wildman–Crippen MR) is 127 cm³/mol. The van der Waals surface area contributed by atoms with Crippen molar-refractivity contribution in [2.75, 3.05) is 0 Å². The molecule has 1 atom stereocenters. The number of thioether (sulfide) groups is 1. The predicted octanol–water partition coefficient (Wildman–Crippen LogP) is 7.50. The number of carbonyl (C=O) groups excluding carboxylic acids is 1. The summed E-state index contributed by atoms with van der Waals surface area (Å²) in [6, 6.07) is 5.95. The highest BCUT2D eigenvalue weighted by Crippen LogP contribution is 2.44. The van der Waals surface area contributed by atoms with Gasteiger partial charge in [0.25, 0.3) is 0 Å². The van der Waals surface area contributed by atoms with Crippen molar-refractivity contribution in [1.82, 2.24) is 14.8 Å². The number of alkyl halides is 3. The third-order valence-electron chi connectivity index (χ3n) is 5.61. The molecule has 10 heteroatoms. The van der Waals surface area contributed by atoms with Gasteiger partial charge >= 0.3 is 6.18 Å². The van der Waals surface area contributed by atoms with E-state index in [0.717, 1.165) is 9.78 Å². The molecule has 1 unspecified atom stereocenters. The molecule has 2 aromatic heterocycles. The van der Waals surface area contributed by atoms with E-state index in [-0.39, 0.29) is 30.2 Å². The van der Waals surface area contributed by atoms with E-state index in [1.165, 1.54) is 28.2 Å². The number of nitrogens with zero attached hydrogens (tertiary/aromatic N) is 3. The summed E-state index contributed by atoms with van der Waals surface area (Å²) in [5.41, 5.74) is 3.29. The van der Waals surface area contributed by atoms with Crippen molar-refractivity contribution in [2.24, 2.45) is 5.92 Å². The van der Waals surface area contributed by atoms with Crippen molar-refractivity contribution in [3.63, 3.8) is 0 Å². The van der Waals surface area contributed by atoms with Crippen molar-refractivity contribution < 1.29 is 22.4 Å². The summed E-state index contributed by atoms with van der Waals surface area (Å²) in [4.78, 5) is 16.8. The molecule has 0 radical (unpaired) electrons. The summed E-state index contributed by atoms with van der Waals surface area (Å²) >= 11 is 2.92. The topological polar surface area (TPSA) is 47.8 Å². The SMILES string of the molecule is Cc1nn(-c2nc(C3=CCC(C(F)(F)F)CC3)c(SC(C)C)s2)c(C=O)c1-c1cccc(F)c1. The Hall–Kier alpha value is -2.46. The zero-order valence-electron chi connectivity index (χ0n) is 18.8. The summed E-state index contributed by atoms with van der Waals surface area (Å²) in [5, 5.41) is 5.19. The van der Waals surface area contributed by atoms with Crippen LogP contribution in [0.4, 0.5) is 17.6 Å². The highest BCUT2D eigenvalue weighted by molar-refractivity contribution is 8.01. The van der Waals surface area contributed by atoms with E-state index in [2.05, 4.69) is 5.10 Å². The summed E-state index contributed by atoms with van der Waals surface area (Å²) in [5.74, 6) is -1.75. The van der Waals surface area contributed by atoms with Gasteiger partial charge in [0.1, 0.15) is 11.5 Å². The first kappa shape index (κ1) is 24.7. The largest absolute Gasteiger partial charge is 0.392 e. The molecule has 0 spiro atoms. The summed E-state index contributed by atoms with van der Waals surface area (Å²) in [7, 11) is 0. The molecule has 2 heterocycles. The second-order valence-corrected chi connectivity index (χ2v) is 11.2. The lowest BCUT2D eigenvalue weighted by atomic mass is 9.88. The molecule has 0 bridgehead atoms. The number of aldehydes is 1. The first-order chi connectivity index (χ1) is 16.1. The number of allylic oxidation sites excluding steroid dienone is 2. The summed E-state index contributed by atoms with van der Waals surface area (Å²) in [6.45, 7) is 5.79. The zero-order valence-corrected chi connectivity index (χ0v) is 20.5. The molecule has 0 amide bonds. The van der Waals surface area contributed by atoms with Crippen LogP contribution in [0.1, 0.15) is 55.0 Å². The van der Waals surface area contributed by atoms with Crippen molar-refractivity contribution in [1.29, 1.82) is 0 Å². The van der Waals surface area contributed by atoms with Gasteiger partial charge in [0.05, 0.1) is 21.5 Å². The van der Waals surface area contributed by atoms with Gasteiger partial charge in [-0.15, -0.1) is 11.8 Å². The maximum Gasteiger partial charge on any atom is 0.392 e. The Labute approximate surface area is 203 Å². The first-order valence-electron chi connectivity index (χ1n) is 10.8. The van der Waals surface area contributed by atoms with Crippen LogP contribution in [0.25, 0.3) is 21.8 Å². The third kappa shape index (κ3) is 4.98. The van der Waals surface area contributed by atoms with Crippen LogP contribution in [0, 0.1) is 18.7 Å². The molecule has 3 aromatic rings. The molecular weight excluding hydrogens is 486 g/mol. The number of carbonyl (C=O) groups is 1. The molecule has 0 saturated carbocycles. The Balaban J connectivity index is 1.78. The molecule has 4 rings (SSSR count). The van der Waals surface area contributed by atoms with Gasteiger partial charge in [-0.05, 0) is 49.5 Å². The van der Waals surface area contributed by atoms with E-state index in [1.54, 1.807) is 36.9 Å². The molecule has 180 valence electrons. The highest BCUT2D eigenvalue weighted by Gasteiger charge is 2.40. The minimum atomic E-state index is -4.20. The van der Waals surface area contributed by atoms with Gasteiger partial charge in [-0.25, -0.2) is 14.1 Å². The molecule has 1 aliphatic rings. The standard InChI is InChI=1S/C24H23F4N3OS2/c1-13(2)33-22-21(15-7-9-17(10-8-15)24(26,27)28)29-23(34-22)31-19(12-32)20(14(3)30-31)16-5-4-6-18(25)11-16/h4-7,11-13,17H,8-10H2,1-3H3. The van der Waals surface area contributed by atoms with E-state index >= 15 is 0 Å². The minimum Gasteiger partial charge on any atom is -0.296 e. The molecule has 34 heavy (non-hydrogen) atoms. The Kier molecular flexibility index (Phi) is 7.00. The van der Waals surface area contributed by atoms with Crippen LogP contribution in [0.15, 0.2) is 34.6 Å². The van der Waals surface area contributed by atoms with E-state index in [1.807, 2.05) is 13.8 Å². The molecule has 1 aliphatic carbocycles. The summed E-state index contributed by atoms with van der Waals surface area (Å²) < 4.78 is 55.5. The van der Waals surface area contributed by atoms with Crippen LogP contribution < -0.4 is 0 Å². The second kappa shape index (κ2) is 9.65. The van der Waals surface area contributed by atoms with Gasteiger partial charge in [0, 0.05) is 10.8 Å². The number of hydrogen-bond acceptors (Lipinski definition) is 5. The number of hydrogen-bond donors (Lipinski definition) is 0. The molecule has 0 fully saturated rings. The van der Waals surface area contributed by atoms with Gasteiger partial charge < -0.3 is 0 Å². The van der Waals surface area contributed by atoms with Crippen molar-refractivity contribution in [2.45, 2.75) is 55.7 Å².